The van der Waals surface area contributed by atoms with Crippen molar-refractivity contribution in [3.63, 3.8) is 0 Å². The molecule has 2 aromatic carbocycles. The van der Waals surface area contributed by atoms with Crippen molar-refractivity contribution >= 4 is 17.7 Å². The highest BCUT2D eigenvalue weighted by Crippen LogP contribution is 2.33. The molecule has 0 saturated carbocycles. The number of nitro benzene ring substituents is 1. The van der Waals surface area contributed by atoms with E-state index >= 15 is 0 Å². The van der Waals surface area contributed by atoms with Crippen molar-refractivity contribution in [1.29, 1.82) is 0 Å². The third-order valence-electron chi connectivity index (χ3n) is 3.70. The lowest BCUT2D eigenvalue weighted by atomic mass is 9.89. The Balaban J connectivity index is 2.55. The number of nitro groups is 1. The molecule has 0 fully saturated rings. The van der Waals surface area contributed by atoms with Gasteiger partial charge in [-0.1, -0.05) is 30.3 Å². The van der Waals surface area contributed by atoms with Crippen molar-refractivity contribution in [1.82, 2.24) is 0 Å². The van der Waals surface area contributed by atoms with Gasteiger partial charge >= 0.3 is 5.97 Å². The molecule has 0 aliphatic carbocycles. The summed E-state index contributed by atoms with van der Waals surface area (Å²) in [6.45, 7) is 3.28. The minimum atomic E-state index is -1.13. The van der Waals surface area contributed by atoms with Gasteiger partial charge in [0.05, 0.1) is 17.6 Å². The summed E-state index contributed by atoms with van der Waals surface area (Å²) in [6, 6.07) is 15.2. The number of rotatable bonds is 6. The Labute approximate surface area is 145 Å². The third-order valence-corrected chi connectivity index (χ3v) is 3.70. The van der Waals surface area contributed by atoms with E-state index in [1.807, 2.05) is 6.07 Å². The monoisotopic (exact) mass is 341 g/mol. The van der Waals surface area contributed by atoms with E-state index in [4.69, 9.17) is 9.47 Å². The molecule has 6 heteroatoms. The van der Waals surface area contributed by atoms with Crippen molar-refractivity contribution in [3.05, 3.63) is 76.0 Å². The van der Waals surface area contributed by atoms with Gasteiger partial charge in [-0.05, 0) is 38.1 Å². The molecule has 0 atom stereocenters. The molecule has 2 aromatic rings. The summed E-state index contributed by atoms with van der Waals surface area (Å²) in [7, 11) is 1.29. The maximum atomic E-state index is 12.2. The minimum Gasteiger partial charge on any atom is -0.468 e. The first-order valence-electron chi connectivity index (χ1n) is 7.63. The number of hydrogen-bond donors (Lipinski definition) is 0. The van der Waals surface area contributed by atoms with E-state index in [1.165, 1.54) is 19.3 Å². The van der Waals surface area contributed by atoms with Crippen molar-refractivity contribution in [3.8, 4) is 5.75 Å². The molecule has 130 valence electrons. The number of nitrogens with zero attached hydrogens (tertiary/aromatic N) is 1. The first kappa shape index (κ1) is 18.2. The number of esters is 1. The van der Waals surface area contributed by atoms with E-state index in [0.717, 1.165) is 0 Å². The second-order valence-electron chi connectivity index (χ2n) is 5.86. The first-order valence-corrected chi connectivity index (χ1v) is 7.63. The fourth-order valence-electron chi connectivity index (χ4n) is 2.23. The number of hydrogen-bond acceptors (Lipinski definition) is 5. The fourth-order valence-corrected chi connectivity index (χ4v) is 2.23. The molecule has 6 nitrogen and oxygen atoms in total. The number of carbonyl (C=O) groups excluding carboxylic acids is 1. The zero-order valence-electron chi connectivity index (χ0n) is 14.3. The molecule has 0 amide bonds. The van der Waals surface area contributed by atoms with Gasteiger partial charge < -0.3 is 9.47 Å². The van der Waals surface area contributed by atoms with Gasteiger partial charge in [0.1, 0.15) is 16.9 Å². The predicted molar refractivity (Wildman–Crippen MR) is 93.9 cm³/mol. The molecular formula is C19H19NO5. The zero-order valence-corrected chi connectivity index (χ0v) is 14.3. The zero-order chi connectivity index (χ0) is 18.4. The SMILES string of the molecule is COC(=O)C(C)(C)/C(=C\c1ccccc1[N+](=O)[O-])Oc1ccccc1. The Morgan fingerprint density at radius 1 is 1.08 bits per heavy atom. The van der Waals surface area contributed by atoms with Crippen LogP contribution in [0, 0.1) is 15.5 Å². The molecule has 0 aliphatic heterocycles. The van der Waals surface area contributed by atoms with Crippen molar-refractivity contribution in [2.24, 2.45) is 5.41 Å². The molecular weight excluding hydrogens is 322 g/mol. The Morgan fingerprint density at radius 2 is 1.68 bits per heavy atom. The second-order valence-corrected chi connectivity index (χ2v) is 5.86. The van der Waals surface area contributed by atoms with Crippen molar-refractivity contribution in [2.75, 3.05) is 7.11 Å². The van der Waals surface area contributed by atoms with Crippen molar-refractivity contribution in [2.45, 2.75) is 13.8 Å². The summed E-state index contributed by atoms with van der Waals surface area (Å²) in [4.78, 5) is 23.0. The largest absolute Gasteiger partial charge is 0.468 e. The summed E-state index contributed by atoms with van der Waals surface area (Å²) in [6.07, 6.45) is 1.50. The molecule has 0 spiro atoms. The van der Waals surface area contributed by atoms with Gasteiger partial charge in [-0.25, -0.2) is 0 Å². The molecule has 0 radical (unpaired) electrons. The molecule has 0 bridgehead atoms. The Hall–Kier alpha value is -3.15. The molecule has 25 heavy (non-hydrogen) atoms. The topological polar surface area (TPSA) is 78.7 Å². The van der Waals surface area contributed by atoms with Crippen LogP contribution >= 0.6 is 0 Å². The van der Waals surface area contributed by atoms with Crippen LogP contribution in [-0.4, -0.2) is 18.0 Å². The summed E-state index contributed by atoms with van der Waals surface area (Å²) >= 11 is 0. The van der Waals surface area contributed by atoms with Gasteiger partial charge in [0.2, 0.25) is 0 Å². The molecule has 0 aliphatic rings. The van der Waals surface area contributed by atoms with Crippen LogP contribution in [0.25, 0.3) is 6.08 Å². The lowest BCUT2D eigenvalue weighted by Crippen LogP contribution is -2.30. The van der Waals surface area contributed by atoms with Crippen LogP contribution in [0.2, 0.25) is 0 Å². The van der Waals surface area contributed by atoms with E-state index in [1.54, 1.807) is 56.3 Å². The van der Waals surface area contributed by atoms with Crippen LogP contribution in [0.15, 0.2) is 60.4 Å². The molecule has 0 saturated heterocycles. The van der Waals surface area contributed by atoms with Gasteiger partial charge in [-0.3, -0.25) is 14.9 Å². The minimum absolute atomic E-state index is 0.0719. The lowest BCUT2D eigenvalue weighted by molar-refractivity contribution is -0.385. The third kappa shape index (κ3) is 4.23. The standard InChI is InChI=1S/C19H19NO5/c1-19(2,18(21)24-3)17(25-15-10-5-4-6-11-15)13-14-9-7-8-12-16(14)20(22)23/h4-13H,1-3H3/b17-13+. The van der Waals surface area contributed by atoms with E-state index in [-0.39, 0.29) is 11.4 Å². The molecule has 0 aromatic heterocycles. The maximum Gasteiger partial charge on any atom is 0.318 e. The average molecular weight is 341 g/mol. The predicted octanol–water partition coefficient (Wildman–Crippen LogP) is 4.21. The molecule has 0 N–H and O–H groups in total. The number of carbonyl (C=O) groups is 1. The lowest BCUT2D eigenvalue weighted by Gasteiger charge is -2.25. The van der Waals surface area contributed by atoms with E-state index in [2.05, 4.69) is 0 Å². The fraction of sp³-hybridized carbons (Fsp3) is 0.211. The summed E-state index contributed by atoms with van der Waals surface area (Å²) in [5.74, 6) is 0.262. The second kappa shape index (κ2) is 7.61. The first-order chi connectivity index (χ1) is 11.9. The van der Waals surface area contributed by atoms with Crippen LogP contribution < -0.4 is 4.74 Å². The van der Waals surface area contributed by atoms with Gasteiger partial charge in [0.15, 0.2) is 0 Å². The van der Waals surface area contributed by atoms with Crippen LogP contribution in [0.3, 0.4) is 0 Å². The van der Waals surface area contributed by atoms with Crippen LogP contribution in [0.5, 0.6) is 5.75 Å². The Bertz CT molecular complexity index is 796. The number of para-hydroxylation sites is 2. The smallest absolute Gasteiger partial charge is 0.318 e. The van der Waals surface area contributed by atoms with Gasteiger partial charge in [-0.2, -0.15) is 0 Å². The molecule has 2 rings (SSSR count). The van der Waals surface area contributed by atoms with Crippen LogP contribution in [0.4, 0.5) is 5.69 Å². The molecule has 0 unspecified atom stereocenters. The van der Waals surface area contributed by atoms with Gasteiger partial charge in [0.25, 0.3) is 5.69 Å². The number of methoxy groups -OCH3 is 1. The Morgan fingerprint density at radius 3 is 2.28 bits per heavy atom. The van der Waals surface area contributed by atoms with E-state index < -0.39 is 16.3 Å². The van der Waals surface area contributed by atoms with Crippen molar-refractivity contribution < 1.29 is 19.2 Å². The Kier molecular flexibility index (Phi) is 5.54. The van der Waals surface area contributed by atoms with E-state index in [9.17, 15) is 14.9 Å². The highest BCUT2D eigenvalue weighted by Gasteiger charge is 2.36. The summed E-state index contributed by atoms with van der Waals surface area (Å²) < 4.78 is 10.7. The summed E-state index contributed by atoms with van der Waals surface area (Å²) in [5.41, 5.74) is -0.860. The molecule has 0 heterocycles. The van der Waals surface area contributed by atoms with Gasteiger partial charge in [-0.15, -0.1) is 0 Å². The normalized spacial score (nSPS) is 11.7. The summed E-state index contributed by atoms with van der Waals surface area (Å²) in [5, 5.41) is 11.2. The highest BCUT2D eigenvalue weighted by molar-refractivity contribution is 5.81. The highest BCUT2D eigenvalue weighted by atomic mass is 16.6. The quantitative estimate of drug-likeness (QED) is 0.340. The van der Waals surface area contributed by atoms with Gasteiger partial charge in [0, 0.05) is 6.07 Å². The maximum absolute atomic E-state index is 12.2. The van der Waals surface area contributed by atoms with Crippen LogP contribution in [0.1, 0.15) is 19.4 Å². The van der Waals surface area contributed by atoms with Crippen LogP contribution in [-0.2, 0) is 9.53 Å². The number of ether oxygens (including phenoxy) is 2. The van der Waals surface area contributed by atoms with E-state index in [0.29, 0.717) is 11.3 Å². The average Bonchev–Trinajstić information content (AvgIpc) is 2.61. The number of benzene rings is 2.